The predicted octanol–water partition coefficient (Wildman–Crippen LogP) is 2.64. The fourth-order valence-corrected chi connectivity index (χ4v) is 2.78. The largest absolute Gasteiger partial charge is 0.453 e. The summed E-state index contributed by atoms with van der Waals surface area (Å²) >= 11 is 0. The average Bonchev–Trinajstić information content (AvgIpc) is 2.64. The van der Waals surface area contributed by atoms with Crippen LogP contribution in [0.2, 0.25) is 0 Å². The van der Waals surface area contributed by atoms with Crippen molar-refractivity contribution in [2.24, 2.45) is 0 Å². The van der Waals surface area contributed by atoms with Crippen LogP contribution in [0.25, 0.3) is 0 Å². The number of pyridine rings is 1. The van der Waals surface area contributed by atoms with Crippen molar-refractivity contribution in [1.82, 2.24) is 4.98 Å². The van der Waals surface area contributed by atoms with E-state index in [-0.39, 0.29) is 24.1 Å². The third-order valence-electron chi connectivity index (χ3n) is 4.36. The van der Waals surface area contributed by atoms with Crippen molar-refractivity contribution >= 4 is 17.6 Å². The van der Waals surface area contributed by atoms with Crippen molar-refractivity contribution in [1.29, 1.82) is 5.26 Å². The number of aromatic amines is 1. The number of H-pyrrole nitrogens is 1. The van der Waals surface area contributed by atoms with Crippen molar-refractivity contribution in [3.05, 3.63) is 62.6 Å². The number of hydrogen-bond acceptors (Lipinski definition) is 5. The Morgan fingerprint density at radius 2 is 2.00 bits per heavy atom. The van der Waals surface area contributed by atoms with Crippen molar-refractivity contribution in [3.63, 3.8) is 0 Å². The van der Waals surface area contributed by atoms with Crippen LogP contribution >= 0.6 is 0 Å². The Morgan fingerprint density at radius 3 is 2.66 bits per heavy atom. The topological polar surface area (TPSA) is 112 Å². The van der Waals surface area contributed by atoms with Gasteiger partial charge in [0.2, 0.25) is 0 Å². The highest BCUT2D eigenvalue weighted by molar-refractivity contribution is 5.95. The molecule has 0 spiro atoms. The van der Waals surface area contributed by atoms with Crippen molar-refractivity contribution in [3.8, 4) is 6.07 Å². The average molecular weight is 403 g/mol. The number of benzene rings is 1. The van der Waals surface area contributed by atoms with Crippen LogP contribution in [0.5, 0.6) is 0 Å². The number of carbonyl (C=O) groups is 2. The smallest absolute Gasteiger partial charge is 0.306 e. The van der Waals surface area contributed by atoms with Gasteiger partial charge in [-0.15, -0.1) is 0 Å². The molecule has 0 fully saturated rings. The number of aryl methyl sites for hydroxylation is 1. The molecular weight excluding hydrogens is 384 g/mol. The van der Waals surface area contributed by atoms with Gasteiger partial charge in [-0.2, -0.15) is 5.26 Å². The molecule has 1 amide bonds. The van der Waals surface area contributed by atoms with Gasteiger partial charge >= 0.3 is 5.97 Å². The Hall–Kier alpha value is -3.54. The van der Waals surface area contributed by atoms with Crippen LogP contribution < -0.4 is 10.9 Å². The van der Waals surface area contributed by atoms with E-state index < -0.39 is 35.2 Å². The van der Waals surface area contributed by atoms with E-state index in [4.69, 9.17) is 10.00 Å². The van der Waals surface area contributed by atoms with Crippen LogP contribution in [-0.4, -0.2) is 23.0 Å². The molecular formula is C20H19F2N3O4. The van der Waals surface area contributed by atoms with Gasteiger partial charge in [0.25, 0.3) is 11.5 Å². The highest BCUT2D eigenvalue weighted by Gasteiger charge is 2.20. The minimum atomic E-state index is -1.24. The van der Waals surface area contributed by atoms with Crippen molar-refractivity contribution in [2.45, 2.75) is 39.7 Å². The second-order valence-corrected chi connectivity index (χ2v) is 6.41. The Bertz CT molecular complexity index is 1060. The van der Waals surface area contributed by atoms with Crippen LogP contribution in [0.1, 0.15) is 35.7 Å². The third-order valence-corrected chi connectivity index (χ3v) is 4.36. The summed E-state index contributed by atoms with van der Waals surface area (Å²) in [5.74, 6) is -3.06. The highest BCUT2D eigenvalue weighted by Crippen LogP contribution is 2.17. The molecule has 1 aromatic heterocycles. The van der Waals surface area contributed by atoms with E-state index in [1.54, 1.807) is 13.8 Å². The first-order valence-corrected chi connectivity index (χ1v) is 8.71. The van der Waals surface area contributed by atoms with Crippen LogP contribution in [0.15, 0.2) is 23.0 Å². The van der Waals surface area contributed by atoms with E-state index in [0.29, 0.717) is 16.8 Å². The summed E-state index contributed by atoms with van der Waals surface area (Å²) in [4.78, 5) is 38.4. The van der Waals surface area contributed by atoms with Gasteiger partial charge in [-0.25, -0.2) is 8.78 Å². The number of halogens is 2. The van der Waals surface area contributed by atoms with E-state index in [0.717, 1.165) is 18.2 Å². The lowest BCUT2D eigenvalue weighted by Crippen LogP contribution is -2.30. The first-order valence-electron chi connectivity index (χ1n) is 8.71. The zero-order valence-electron chi connectivity index (χ0n) is 16.1. The van der Waals surface area contributed by atoms with Crippen molar-refractivity contribution in [2.75, 3.05) is 5.32 Å². The van der Waals surface area contributed by atoms with Gasteiger partial charge in [0.05, 0.1) is 5.69 Å². The molecule has 152 valence electrons. The van der Waals surface area contributed by atoms with Crippen molar-refractivity contribution < 1.29 is 23.1 Å². The number of esters is 1. The molecule has 29 heavy (non-hydrogen) atoms. The molecule has 0 radical (unpaired) electrons. The number of nitriles is 1. The standard InChI is InChI=1S/C20H19F2N3O4/c1-10-14(11(2)24-20(28)15(10)9-23)5-7-18(26)29-12(3)19(27)25-17-8-13(21)4-6-16(17)22/h4,6,8,12H,5,7H2,1-3H3,(H,24,28)(H,25,27)/t12-/m0/s1. The van der Waals surface area contributed by atoms with Crippen LogP contribution in [0, 0.1) is 36.8 Å². The summed E-state index contributed by atoms with van der Waals surface area (Å²) in [5.41, 5.74) is 0.770. The number of amides is 1. The van der Waals surface area contributed by atoms with Crippen LogP contribution in [-0.2, 0) is 20.7 Å². The normalized spacial score (nSPS) is 11.4. The second-order valence-electron chi connectivity index (χ2n) is 6.41. The van der Waals surface area contributed by atoms with Gasteiger partial charge in [0.15, 0.2) is 6.10 Å². The fraction of sp³-hybridized carbons (Fsp3) is 0.300. The number of aromatic nitrogens is 1. The summed E-state index contributed by atoms with van der Waals surface area (Å²) in [5, 5.41) is 11.2. The predicted molar refractivity (Wildman–Crippen MR) is 100 cm³/mol. The number of nitrogens with zero attached hydrogens (tertiary/aromatic N) is 1. The van der Waals surface area contributed by atoms with Gasteiger partial charge in [0, 0.05) is 18.2 Å². The molecule has 1 aromatic carbocycles. The minimum absolute atomic E-state index is 0.0242. The summed E-state index contributed by atoms with van der Waals surface area (Å²) in [6.45, 7) is 4.57. The summed E-state index contributed by atoms with van der Waals surface area (Å²) in [6, 6.07) is 4.42. The Labute approximate surface area is 165 Å². The molecule has 0 saturated heterocycles. The molecule has 0 aliphatic rings. The van der Waals surface area contributed by atoms with Gasteiger partial charge in [0.1, 0.15) is 23.3 Å². The lowest BCUT2D eigenvalue weighted by atomic mass is 9.99. The summed E-state index contributed by atoms with van der Waals surface area (Å²) in [6.07, 6.45) is -1.16. The molecule has 2 N–H and O–H groups in total. The zero-order chi connectivity index (χ0) is 21.7. The van der Waals surface area contributed by atoms with Gasteiger partial charge in [-0.3, -0.25) is 14.4 Å². The SMILES string of the molecule is Cc1[nH]c(=O)c(C#N)c(C)c1CCC(=O)O[C@@H](C)C(=O)Nc1cc(F)ccc1F. The maximum atomic E-state index is 13.6. The number of anilines is 1. The lowest BCUT2D eigenvalue weighted by Gasteiger charge is -2.15. The molecule has 0 saturated carbocycles. The number of rotatable bonds is 6. The number of hydrogen-bond donors (Lipinski definition) is 2. The zero-order valence-corrected chi connectivity index (χ0v) is 16.1. The van der Waals surface area contributed by atoms with Gasteiger partial charge < -0.3 is 15.0 Å². The quantitative estimate of drug-likeness (QED) is 0.720. The Morgan fingerprint density at radius 1 is 1.31 bits per heavy atom. The molecule has 0 bridgehead atoms. The van der Waals surface area contributed by atoms with Crippen LogP contribution in [0.4, 0.5) is 14.5 Å². The van der Waals surface area contributed by atoms with E-state index in [1.807, 2.05) is 6.07 Å². The molecule has 2 aromatic rings. The Kier molecular flexibility index (Phi) is 6.83. The molecule has 0 unspecified atom stereocenters. The number of nitrogens with one attached hydrogen (secondary N) is 2. The molecule has 0 aliphatic carbocycles. The maximum absolute atomic E-state index is 13.6. The number of ether oxygens (including phenoxy) is 1. The highest BCUT2D eigenvalue weighted by atomic mass is 19.1. The lowest BCUT2D eigenvalue weighted by molar-refractivity contribution is -0.153. The molecule has 7 nitrogen and oxygen atoms in total. The molecule has 1 atom stereocenters. The minimum Gasteiger partial charge on any atom is -0.453 e. The second kappa shape index (κ2) is 9.10. The van der Waals surface area contributed by atoms with E-state index in [1.165, 1.54) is 6.92 Å². The fourth-order valence-electron chi connectivity index (χ4n) is 2.78. The summed E-state index contributed by atoms with van der Waals surface area (Å²) < 4.78 is 31.8. The van der Waals surface area contributed by atoms with Crippen LogP contribution in [0.3, 0.4) is 0 Å². The van der Waals surface area contributed by atoms with Gasteiger partial charge in [-0.05, 0) is 50.5 Å². The monoisotopic (exact) mass is 403 g/mol. The first kappa shape index (κ1) is 21.8. The first-order chi connectivity index (χ1) is 13.6. The molecule has 2 rings (SSSR count). The third kappa shape index (κ3) is 5.25. The van der Waals surface area contributed by atoms with E-state index in [9.17, 15) is 23.2 Å². The van der Waals surface area contributed by atoms with E-state index in [2.05, 4.69) is 10.3 Å². The summed E-state index contributed by atoms with van der Waals surface area (Å²) in [7, 11) is 0. The van der Waals surface area contributed by atoms with E-state index >= 15 is 0 Å². The molecule has 0 aliphatic heterocycles. The van der Waals surface area contributed by atoms with Gasteiger partial charge in [-0.1, -0.05) is 0 Å². The molecule has 1 heterocycles. The number of carbonyl (C=O) groups excluding carboxylic acids is 2. The molecule has 9 heteroatoms. The maximum Gasteiger partial charge on any atom is 0.306 e. The Balaban J connectivity index is 1.99.